The Hall–Kier alpha value is -4.91. The van der Waals surface area contributed by atoms with Crippen molar-refractivity contribution in [2.45, 2.75) is 6.92 Å². The van der Waals surface area contributed by atoms with Gasteiger partial charge in [0.1, 0.15) is 0 Å². The molecular formula is C29H31N5O2. The Kier molecular flexibility index (Phi) is 8.56. The summed E-state index contributed by atoms with van der Waals surface area (Å²) in [6, 6.07) is 29.7. The van der Waals surface area contributed by atoms with Crippen molar-refractivity contribution in [3.63, 3.8) is 0 Å². The van der Waals surface area contributed by atoms with Gasteiger partial charge in [-0.1, -0.05) is 48.5 Å². The van der Waals surface area contributed by atoms with Crippen molar-refractivity contribution in [2.75, 3.05) is 35.3 Å². The highest BCUT2D eigenvalue weighted by molar-refractivity contribution is 6.01. The van der Waals surface area contributed by atoms with Crippen molar-refractivity contribution in [1.82, 2.24) is 0 Å². The van der Waals surface area contributed by atoms with Crippen LogP contribution in [0.4, 0.5) is 28.4 Å². The molecule has 0 saturated heterocycles. The average molecular weight is 482 g/mol. The van der Waals surface area contributed by atoms with E-state index in [2.05, 4.69) is 0 Å². The lowest BCUT2D eigenvalue weighted by Crippen LogP contribution is -2.04. The summed E-state index contributed by atoms with van der Waals surface area (Å²) in [5, 5.41) is 4.10. The molecule has 184 valence electrons. The summed E-state index contributed by atoms with van der Waals surface area (Å²) < 4.78 is 4.79. The molecule has 0 unspecified atom stereocenters. The molecule has 36 heavy (non-hydrogen) atoms. The van der Waals surface area contributed by atoms with E-state index in [1.54, 1.807) is 31.2 Å². The molecule has 0 atom stereocenters. The normalized spacial score (nSPS) is 10.0. The highest BCUT2D eigenvalue weighted by Gasteiger charge is 2.04. The first-order valence-electron chi connectivity index (χ1n) is 11.4. The molecule has 0 radical (unpaired) electrons. The van der Waals surface area contributed by atoms with Gasteiger partial charge in [-0.2, -0.15) is 0 Å². The number of hydrogen-bond acceptors (Lipinski definition) is 7. The number of nitrogen functional groups attached to an aromatic ring is 5. The van der Waals surface area contributed by atoms with Gasteiger partial charge in [-0.15, -0.1) is 0 Å². The zero-order chi connectivity index (χ0) is 26.1. The van der Waals surface area contributed by atoms with E-state index < -0.39 is 0 Å². The zero-order valence-electron chi connectivity index (χ0n) is 20.1. The van der Waals surface area contributed by atoms with Crippen LogP contribution in [0, 0.1) is 0 Å². The molecule has 0 aromatic heterocycles. The third-order valence-corrected chi connectivity index (χ3v) is 5.40. The number of esters is 1. The van der Waals surface area contributed by atoms with Gasteiger partial charge in [0.05, 0.1) is 12.2 Å². The SMILES string of the molecule is CCOC(=O)c1ccc(N)cc1.Nc1ccc(N)c2ccccc12.Nc1ccc(N)c2ccccc12. The van der Waals surface area contributed by atoms with Crippen molar-refractivity contribution in [3.8, 4) is 0 Å². The number of carbonyl (C=O) groups excluding carboxylic acids is 1. The molecule has 5 rings (SSSR count). The number of benzene rings is 5. The standard InChI is InChI=1S/2C10H10N2.C9H11NO2/c2*11-9-5-6-10(12)8-4-2-1-3-7(8)9;1-2-12-9(11)7-3-5-8(10)6-4-7/h2*1-6H,11-12H2;3-6H,2,10H2,1H3. The topological polar surface area (TPSA) is 156 Å². The van der Waals surface area contributed by atoms with Crippen LogP contribution in [-0.4, -0.2) is 12.6 Å². The molecular weight excluding hydrogens is 450 g/mol. The summed E-state index contributed by atoms with van der Waals surface area (Å²) in [6.07, 6.45) is 0. The van der Waals surface area contributed by atoms with Crippen LogP contribution in [-0.2, 0) is 4.74 Å². The van der Waals surface area contributed by atoms with E-state index in [4.69, 9.17) is 33.4 Å². The maximum absolute atomic E-state index is 11.1. The van der Waals surface area contributed by atoms with Crippen LogP contribution < -0.4 is 28.7 Å². The number of hydrogen-bond donors (Lipinski definition) is 5. The maximum Gasteiger partial charge on any atom is 0.338 e. The van der Waals surface area contributed by atoms with Crippen LogP contribution in [0.1, 0.15) is 17.3 Å². The van der Waals surface area contributed by atoms with Gasteiger partial charge in [0.2, 0.25) is 0 Å². The Bertz CT molecular complexity index is 1300. The van der Waals surface area contributed by atoms with Crippen LogP contribution in [0.5, 0.6) is 0 Å². The second kappa shape index (κ2) is 12.0. The molecule has 0 aliphatic heterocycles. The quantitative estimate of drug-likeness (QED) is 0.166. The molecule has 0 fully saturated rings. The first-order valence-corrected chi connectivity index (χ1v) is 11.4. The van der Waals surface area contributed by atoms with E-state index in [0.29, 0.717) is 17.9 Å². The third kappa shape index (κ3) is 6.36. The molecule has 7 nitrogen and oxygen atoms in total. The van der Waals surface area contributed by atoms with Gasteiger partial charge >= 0.3 is 5.97 Å². The van der Waals surface area contributed by atoms with Gasteiger partial charge in [-0.3, -0.25) is 0 Å². The fraction of sp³-hybridized carbons (Fsp3) is 0.0690. The molecule has 10 N–H and O–H groups in total. The third-order valence-electron chi connectivity index (χ3n) is 5.40. The second-order valence-electron chi connectivity index (χ2n) is 7.92. The smallest absolute Gasteiger partial charge is 0.338 e. The number of nitrogens with two attached hydrogens (primary N) is 5. The van der Waals surface area contributed by atoms with Crippen molar-refractivity contribution < 1.29 is 9.53 Å². The predicted molar refractivity (Wildman–Crippen MR) is 152 cm³/mol. The zero-order valence-corrected chi connectivity index (χ0v) is 20.1. The Morgan fingerprint density at radius 2 is 0.889 bits per heavy atom. The van der Waals surface area contributed by atoms with Crippen molar-refractivity contribution in [2.24, 2.45) is 0 Å². The van der Waals surface area contributed by atoms with Crippen LogP contribution in [0.25, 0.3) is 21.5 Å². The summed E-state index contributed by atoms with van der Waals surface area (Å²) in [6.45, 7) is 2.17. The van der Waals surface area contributed by atoms with Crippen molar-refractivity contribution in [1.29, 1.82) is 0 Å². The van der Waals surface area contributed by atoms with Gasteiger partial charge < -0.3 is 33.4 Å². The summed E-state index contributed by atoms with van der Waals surface area (Å²) >= 11 is 0. The lowest BCUT2D eigenvalue weighted by atomic mass is 10.1. The summed E-state index contributed by atoms with van der Waals surface area (Å²) in [5.41, 5.74) is 32.8. The molecule has 0 saturated carbocycles. The number of ether oxygens (including phenoxy) is 1. The molecule has 0 aliphatic rings. The first kappa shape index (κ1) is 25.7. The summed E-state index contributed by atoms with van der Waals surface area (Å²) in [5.74, 6) is -0.308. The Morgan fingerprint density at radius 3 is 1.19 bits per heavy atom. The predicted octanol–water partition coefficient (Wildman–Crippen LogP) is 5.45. The lowest BCUT2D eigenvalue weighted by molar-refractivity contribution is 0.0526. The molecule has 5 aromatic carbocycles. The van der Waals surface area contributed by atoms with Crippen molar-refractivity contribution >= 4 is 56.0 Å². The largest absolute Gasteiger partial charge is 0.462 e. The van der Waals surface area contributed by atoms with E-state index in [9.17, 15) is 4.79 Å². The van der Waals surface area contributed by atoms with E-state index in [1.165, 1.54) is 0 Å². The highest BCUT2D eigenvalue weighted by Crippen LogP contribution is 2.26. The summed E-state index contributed by atoms with van der Waals surface area (Å²) in [4.78, 5) is 11.1. The van der Waals surface area contributed by atoms with Gasteiger partial charge in [-0.05, 0) is 55.5 Å². The molecule has 0 heterocycles. The van der Waals surface area contributed by atoms with E-state index in [0.717, 1.165) is 44.3 Å². The summed E-state index contributed by atoms with van der Waals surface area (Å²) in [7, 11) is 0. The number of fused-ring (bicyclic) bond motifs is 2. The van der Waals surface area contributed by atoms with Gasteiger partial charge in [0, 0.05) is 50.0 Å². The van der Waals surface area contributed by atoms with Crippen molar-refractivity contribution in [3.05, 3.63) is 103 Å². The van der Waals surface area contributed by atoms with Crippen LogP contribution in [0.3, 0.4) is 0 Å². The molecule has 0 aliphatic carbocycles. The van der Waals surface area contributed by atoms with Gasteiger partial charge in [0.15, 0.2) is 0 Å². The first-order chi connectivity index (χ1) is 17.3. The number of carbonyl (C=O) groups is 1. The minimum atomic E-state index is -0.308. The fourth-order valence-corrected chi connectivity index (χ4v) is 3.53. The average Bonchev–Trinajstić information content (AvgIpc) is 2.90. The maximum atomic E-state index is 11.1. The molecule has 0 spiro atoms. The second-order valence-corrected chi connectivity index (χ2v) is 7.92. The minimum Gasteiger partial charge on any atom is -0.462 e. The van der Waals surface area contributed by atoms with Crippen LogP contribution in [0.15, 0.2) is 97.1 Å². The number of rotatable bonds is 2. The van der Waals surface area contributed by atoms with Gasteiger partial charge in [-0.25, -0.2) is 4.79 Å². The van der Waals surface area contributed by atoms with E-state index in [1.807, 2.05) is 72.8 Å². The Morgan fingerprint density at radius 1 is 0.556 bits per heavy atom. The Balaban J connectivity index is 0.000000150. The molecule has 0 amide bonds. The molecule has 7 heteroatoms. The minimum absolute atomic E-state index is 0.308. The van der Waals surface area contributed by atoms with Gasteiger partial charge in [0.25, 0.3) is 0 Å². The number of anilines is 5. The van der Waals surface area contributed by atoms with E-state index in [-0.39, 0.29) is 5.97 Å². The highest BCUT2D eigenvalue weighted by atomic mass is 16.5. The lowest BCUT2D eigenvalue weighted by Gasteiger charge is -2.03. The van der Waals surface area contributed by atoms with E-state index >= 15 is 0 Å². The molecule has 0 bridgehead atoms. The fourth-order valence-electron chi connectivity index (χ4n) is 3.53. The molecule has 5 aromatic rings. The monoisotopic (exact) mass is 481 g/mol. The Labute approximate surface area is 210 Å². The van der Waals surface area contributed by atoms with Crippen LogP contribution >= 0.6 is 0 Å². The van der Waals surface area contributed by atoms with Crippen LogP contribution in [0.2, 0.25) is 0 Å².